The number of nitrogens with one attached hydrogen (secondary N) is 1. The third kappa shape index (κ3) is 4.96. The van der Waals surface area contributed by atoms with Crippen LogP contribution in [0.5, 0.6) is 5.75 Å². The summed E-state index contributed by atoms with van der Waals surface area (Å²) in [5.74, 6) is -0.166. The molecule has 0 aliphatic rings. The molecule has 156 valence electrons. The minimum absolute atomic E-state index is 0.0993. The lowest BCUT2D eigenvalue weighted by Crippen LogP contribution is -2.27. The molecule has 3 aromatic rings. The third-order valence-electron chi connectivity index (χ3n) is 4.45. The van der Waals surface area contributed by atoms with E-state index in [4.69, 9.17) is 4.74 Å². The Balaban J connectivity index is 1.81. The van der Waals surface area contributed by atoms with Crippen molar-refractivity contribution in [1.82, 2.24) is 4.90 Å². The van der Waals surface area contributed by atoms with Gasteiger partial charge in [0.25, 0.3) is 15.9 Å². The molecule has 0 bridgehead atoms. The molecule has 0 aliphatic carbocycles. The molecule has 30 heavy (non-hydrogen) atoms. The maximum absolute atomic E-state index is 13.1. The zero-order chi connectivity index (χ0) is 21.7. The summed E-state index contributed by atoms with van der Waals surface area (Å²) < 4.78 is 45.9. The fourth-order valence-electron chi connectivity index (χ4n) is 2.86. The number of hydrogen-bond donors (Lipinski definition) is 1. The molecule has 3 rings (SSSR count). The largest absolute Gasteiger partial charge is 0.497 e. The number of amides is 1. The Morgan fingerprint density at radius 1 is 1.00 bits per heavy atom. The summed E-state index contributed by atoms with van der Waals surface area (Å²) in [5.41, 5.74) is 1.25. The first-order valence-corrected chi connectivity index (χ1v) is 10.5. The van der Waals surface area contributed by atoms with Gasteiger partial charge in [-0.3, -0.25) is 9.52 Å². The maximum atomic E-state index is 13.1. The first kappa shape index (κ1) is 21.3. The van der Waals surface area contributed by atoms with Crippen molar-refractivity contribution in [3.63, 3.8) is 0 Å². The van der Waals surface area contributed by atoms with E-state index in [1.165, 1.54) is 11.0 Å². The summed E-state index contributed by atoms with van der Waals surface area (Å²) in [6.07, 6.45) is 0. The molecule has 0 aromatic heterocycles. The van der Waals surface area contributed by atoms with Gasteiger partial charge in [-0.2, -0.15) is 0 Å². The highest BCUT2D eigenvalue weighted by Crippen LogP contribution is 2.22. The van der Waals surface area contributed by atoms with Gasteiger partial charge in [-0.1, -0.05) is 24.3 Å². The first-order chi connectivity index (χ1) is 14.3. The molecule has 0 radical (unpaired) electrons. The molecule has 0 unspecified atom stereocenters. The van der Waals surface area contributed by atoms with Crippen LogP contribution in [0.15, 0.2) is 77.7 Å². The number of methoxy groups -OCH3 is 1. The fourth-order valence-corrected chi connectivity index (χ4v) is 3.94. The molecule has 0 saturated heterocycles. The summed E-state index contributed by atoms with van der Waals surface area (Å²) >= 11 is 0. The number of sulfonamides is 1. The quantitative estimate of drug-likeness (QED) is 0.619. The van der Waals surface area contributed by atoms with Crippen LogP contribution in [0.2, 0.25) is 0 Å². The number of nitrogens with zero attached hydrogens (tertiary/aromatic N) is 1. The van der Waals surface area contributed by atoms with Crippen LogP contribution in [-0.2, 0) is 16.6 Å². The lowest BCUT2D eigenvalue weighted by molar-refractivity contribution is 0.0786. The molecule has 0 fully saturated rings. The molecule has 1 amide bonds. The number of carbonyl (C=O) groups is 1. The van der Waals surface area contributed by atoms with Crippen molar-refractivity contribution in [2.45, 2.75) is 11.4 Å². The Labute approximate surface area is 175 Å². The number of para-hydroxylation sites is 1. The Hall–Kier alpha value is -3.39. The van der Waals surface area contributed by atoms with Crippen molar-refractivity contribution >= 4 is 21.6 Å². The normalized spacial score (nSPS) is 11.0. The van der Waals surface area contributed by atoms with Gasteiger partial charge in [-0.25, -0.2) is 12.8 Å². The summed E-state index contributed by atoms with van der Waals surface area (Å²) in [7, 11) is -0.765. The van der Waals surface area contributed by atoms with Crippen molar-refractivity contribution in [3.8, 4) is 5.75 Å². The highest BCUT2D eigenvalue weighted by atomic mass is 32.2. The second kappa shape index (κ2) is 8.96. The molecule has 1 N–H and O–H groups in total. The van der Waals surface area contributed by atoms with Crippen LogP contribution in [-0.4, -0.2) is 33.4 Å². The summed E-state index contributed by atoms with van der Waals surface area (Å²) in [5, 5.41) is 0. The molecule has 0 spiro atoms. The van der Waals surface area contributed by atoms with Crippen molar-refractivity contribution in [1.29, 1.82) is 0 Å². The minimum atomic E-state index is -3.98. The van der Waals surface area contributed by atoms with E-state index in [0.717, 1.165) is 29.8 Å². The lowest BCUT2D eigenvalue weighted by Gasteiger charge is -2.20. The average molecular weight is 428 g/mol. The average Bonchev–Trinajstić information content (AvgIpc) is 2.74. The van der Waals surface area contributed by atoms with Gasteiger partial charge in [0, 0.05) is 13.6 Å². The number of anilines is 1. The minimum Gasteiger partial charge on any atom is -0.497 e. The third-order valence-corrected chi connectivity index (χ3v) is 5.83. The van der Waals surface area contributed by atoms with E-state index in [2.05, 4.69) is 4.72 Å². The second-order valence-electron chi connectivity index (χ2n) is 6.61. The van der Waals surface area contributed by atoms with Gasteiger partial charge in [-0.05, 0) is 54.1 Å². The first-order valence-electron chi connectivity index (χ1n) is 9.06. The standard InChI is InChI=1S/C22H21FN2O4S/c1-25(15-16-7-11-18(29-2)12-8-16)22(26)20-5-3-4-6-21(20)24-30(27,28)19-13-9-17(23)10-14-19/h3-14,24H,15H2,1-2H3. The second-order valence-corrected chi connectivity index (χ2v) is 8.30. The molecule has 0 heterocycles. The van der Waals surface area contributed by atoms with E-state index in [0.29, 0.717) is 12.3 Å². The van der Waals surface area contributed by atoms with Gasteiger partial charge in [0.2, 0.25) is 0 Å². The predicted octanol–water partition coefficient (Wildman–Crippen LogP) is 3.91. The van der Waals surface area contributed by atoms with Crippen LogP contribution in [0.1, 0.15) is 15.9 Å². The zero-order valence-electron chi connectivity index (χ0n) is 16.5. The summed E-state index contributed by atoms with van der Waals surface area (Å²) in [4.78, 5) is 14.4. The van der Waals surface area contributed by atoms with Gasteiger partial charge in [0.05, 0.1) is 23.3 Å². The smallest absolute Gasteiger partial charge is 0.261 e. The Morgan fingerprint density at radius 2 is 1.63 bits per heavy atom. The monoisotopic (exact) mass is 428 g/mol. The van der Waals surface area contributed by atoms with Gasteiger partial charge in [0.1, 0.15) is 11.6 Å². The predicted molar refractivity (Wildman–Crippen MR) is 112 cm³/mol. The topological polar surface area (TPSA) is 75.7 Å². The van der Waals surface area contributed by atoms with Gasteiger partial charge in [-0.15, -0.1) is 0 Å². The Morgan fingerprint density at radius 3 is 2.27 bits per heavy atom. The van der Waals surface area contributed by atoms with Crippen molar-refractivity contribution in [3.05, 3.63) is 89.7 Å². The number of halogens is 1. The van der Waals surface area contributed by atoms with Gasteiger partial charge < -0.3 is 9.64 Å². The number of carbonyl (C=O) groups excluding carboxylic acids is 1. The molecule has 0 saturated carbocycles. The van der Waals surface area contributed by atoms with Gasteiger partial charge >= 0.3 is 0 Å². The van der Waals surface area contributed by atoms with E-state index in [1.54, 1.807) is 44.5 Å². The van der Waals surface area contributed by atoms with Crippen LogP contribution >= 0.6 is 0 Å². The maximum Gasteiger partial charge on any atom is 0.261 e. The van der Waals surface area contributed by atoms with Crippen LogP contribution in [0.25, 0.3) is 0 Å². The molecule has 6 nitrogen and oxygen atoms in total. The van der Waals surface area contributed by atoms with E-state index >= 15 is 0 Å². The Kier molecular flexibility index (Phi) is 6.37. The molecule has 0 atom stereocenters. The molecule has 3 aromatic carbocycles. The van der Waals surface area contributed by atoms with Gasteiger partial charge in [0.15, 0.2) is 0 Å². The highest BCUT2D eigenvalue weighted by Gasteiger charge is 2.20. The molecular weight excluding hydrogens is 407 g/mol. The van der Waals surface area contributed by atoms with Crippen molar-refractivity contribution in [2.24, 2.45) is 0 Å². The van der Waals surface area contributed by atoms with E-state index in [1.807, 2.05) is 12.1 Å². The van der Waals surface area contributed by atoms with Crippen LogP contribution < -0.4 is 9.46 Å². The van der Waals surface area contributed by atoms with Crippen molar-refractivity contribution < 1.29 is 22.3 Å². The summed E-state index contributed by atoms with van der Waals surface area (Å²) in [6.45, 7) is 0.335. The molecular formula is C22H21FN2O4S. The molecule has 8 heteroatoms. The Bertz CT molecular complexity index is 1130. The van der Waals surface area contributed by atoms with Crippen molar-refractivity contribution in [2.75, 3.05) is 18.9 Å². The molecule has 0 aliphatic heterocycles. The number of hydrogen-bond acceptors (Lipinski definition) is 4. The van der Waals surface area contributed by atoms with E-state index < -0.39 is 15.8 Å². The van der Waals surface area contributed by atoms with Crippen LogP contribution in [0.4, 0.5) is 10.1 Å². The highest BCUT2D eigenvalue weighted by molar-refractivity contribution is 7.92. The van der Waals surface area contributed by atoms with Crippen LogP contribution in [0.3, 0.4) is 0 Å². The number of ether oxygens (including phenoxy) is 1. The fraction of sp³-hybridized carbons (Fsp3) is 0.136. The zero-order valence-corrected chi connectivity index (χ0v) is 17.3. The summed E-state index contributed by atoms with van der Waals surface area (Å²) in [6, 6.07) is 18.1. The lowest BCUT2D eigenvalue weighted by atomic mass is 10.1. The van der Waals surface area contributed by atoms with E-state index in [-0.39, 0.29) is 22.1 Å². The van der Waals surface area contributed by atoms with Crippen LogP contribution in [0, 0.1) is 5.82 Å². The number of benzene rings is 3. The number of rotatable bonds is 7. The SMILES string of the molecule is COc1ccc(CN(C)C(=O)c2ccccc2NS(=O)(=O)c2ccc(F)cc2)cc1. The van der Waals surface area contributed by atoms with E-state index in [9.17, 15) is 17.6 Å².